The van der Waals surface area contributed by atoms with Gasteiger partial charge < -0.3 is 10.1 Å². The first-order chi connectivity index (χ1) is 12.6. The van der Waals surface area contributed by atoms with Crippen LogP contribution < -0.4 is 15.4 Å². The first-order valence-corrected chi connectivity index (χ1v) is 9.53. The van der Waals surface area contributed by atoms with Gasteiger partial charge in [-0.2, -0.15) is 0 Å². The fourth-order valence-corrected chi connectivity index (χ4v) is 2.97. The lowest BCUT2D eigenvalue weighted by Gasteiger charge is -2.25. The van der Waals surface area contributed by atoms with Crippen molar-refractivity contribution in [2.75, 3.05) is 12.4 Å². The van der Waals surface area contributed by atoms with Crippen molar-refractivity contribution in [3.8, 4) is 16.3 Å². The number of ether oxygens (including phenoxy) is 1. The number of aromatic nitrogens is 2. The maximum absolute atomic E-state index is 12.7. The van der Waals surface area contributed by atoms with Gasteiger partial charge in [0.15, 0.2) is 0 Å². The SMILES string of the molecule is COc1cccc(-c2nnc(NC(=O)[C@H](NC(=O)C(C)(C)C)C(C)C)s2)c1. The van der Waals surface area contributed by atoms with Crippen LogP contribution in [0.25, 0.3) is 10.6 Å². The van der Waals surface area contributed by atoms with Crippen molar-refractivity contribution >= 4 is 28.3 Å². The van der Waals surface area contributed by atoms with E-state index in [1.165, 1.54) is 11.3 Å². The second-order valence-corrected chi connectivity index (χ2v) is 8.56. The van der Waals surface area contributed by atoms with Crippen LogP contribution in [0.3, 0.4) is 0 Å². The molecule has 0 unspecified atom stereocenters. The number of hydrogen-bond acceptors (Lipinski definition) is 6. The van der Waals surface area contributed by atoms with Gasteiger partial charge in [-0.15, -0.1) is 10.2 Å². The number of amides is 2. The molecule has 1 aromatic heterocycles. The number of rotatable bonds is 6. The summed E-state index contributed by atoms with van der Waals surface area (Å²) in [6, 6.07) is 6.81. The molecular weight excluding hydrogens is 364 g/mol. The van der Waals surface area contributed by atoms with E-state index in [2.05, 4.69) is 20.8 Å². The summed E-state index contributed by atoms with van der Waals surface area (Å²) in [6.07, 6.45) is 0. The normalized spacial score (nSPS) is 12.6. The summed E-state index contributed by atoms with van der Waals surface area (Å²) in [7, 11) is 1.60. The quantitative estimate of drug-likeness (QED) is 0.789. The summed E-state index contributed by atoms with van der Waals surface area (Å²) in [5, 5.41) is 14.8. The van der Waals surface area contributed by atoms with Crippen molar-refractivity contribution < 1.29 is 14.3 Å². The highest BCUT2D eigenvalue weighted by molar-refractivity contribution is 7.18. The molecule has 0 saturated carbocycles. The molecule has 1 aromatic carbocycles. The third-order valence-corrected chi connectivity index (χ3v) is 4.78. The molecule has 0 radical (unpaired) electrons. The van der Waals surface area contributed by atoms with Crippen LogP contribution in [0.1, 0.15) is 34.6 Å². The molecule has 2 aromatic rings. The molecular formula is C19H26N4O3S. The van der Waals surface area contributed by atoms with Gasteiger partial charge in [-0.3, -0.25) is 14.9 Å². The molecule has 146 valence electrons. The molecule has 1 heterocycles. The fraction of sp³-hybridized carbons (Fsp3) is 0.474. The topological polar surface area (TPSA) is 93.2 Å². The number of benzene rings is 1. The van der Waals surface area contributed by atoms with E-state index in [4.69, 9.17) is 4.74 Å². The zero-order chi connectivity index (χ0) is 20.2. The average molecular weight is 391 g/mol. The molecule has 2 rings (SSSR count). The molecule has 0 aliphatic heterocycles. The van der Waals surface area contributed by atoms with Gasteiger partial charge >= 0.3 is 0 Å². The van der Waals surface area contributed by atoms with Crippen molar-refractivity contribution in [1.82, 2.24) is 15.5 Å². The second kappa shape index (κ2) is 8.47. The molecule has 0 bridgehead atoms. The molecule has 0 fully saturated rings. The highest BCUT2D eigenvalue weighted by Crippen LogP contribution is 2.29. The zero-order valence-electron chi connectivity index (χ0n) is 16.5. The average Bonchev–Trinajstić information content (AvgIpc) is 3.06. The maximum Gasteiger partial charge on any atom is 0.249 e. The van der Waals surface area contributed by atoms with Crippen LogP contribution in [-0.4, -0.2) is 35.2 Å². The third kappa shape index (κ3) is 5.50. The first kappa shape index (κ1) is 20.8. The first-order valence-electron chi connectivity index (χ1n) is 8.71. The van der Waals surface area contributed by atoms with Crippen molar-refractivity contribution in [2.45, 2.75) is 40.7 Å². The number of anilines is 1. The Labute approximate surface area is 163 Å². The molecule has 2 N–H and O–H groups in total. The fourth-order valence-electron chi connectivity index (χ4n) is 2.22. The van der Waals surface area contributed by atoms with Crippen LogP contribution in [-0.2, 0) is 9.59 Å². The minimum atomic E-state index is -0.652. The summed E-state index contributed by atoms with van der Waals surface area (Å²) in [5.41, 5.74) is 0.282. The van der Waals surface area contributed by atoms with E-state index in [1.54, 1.807) is 7.11 Å². The summed E-state index contributed by atoms with van der Waals surface area (Å²) < 4.78 is 5.22. The van der Waals surface area contributed by atoms with Crippen LogP contribution in [0.5, 0.6) is 5.75 Å². The van der Waals surface area contributed by atoms with Crippen LogP contribution in [0.15, 0.2) is 24.3 Å². The Balaban J connectivity index is 2.12. The Bertz CT molecular complexity index is 811. The molecule has 0 aliphatic rings. The predicted molar refractivity (Wildman–Crippen MR) is 107 cm³/mol. The van der Waals surface area contributed by atoms with Crippen LogP contribution in [0.2, 0.25) is 0 Å². The molecule has 27 heavy (non-hydrogen) atoms. The Hall–Kier alpha value is -2.48. The van der Waals surface area contributed by atoms with Gasteiger partial charge in [0.05, 0.1) is 7.11 Å². The Kier molecular flexibility index (Phi) is 6.54. The highest BCUT2D eigenvalue weighted by Gasteiger charge is 2.30. The van der Waals surface area contributed by atoms with Crippen LogP contribution in [0, 0.1) is 11.3 Å². The van der Waals surface area contributed by atoms with E-state index in [-0.39, 0.29) is 17.7 Å². The van der Waals surface area contributed by atoms with Gasteiger partial charge in [0.2, 0.25) is 16.9 Å². The molecule has 0 spiro atoms. The van der Waals surface area contributed by atoms with Gasteiger partial charge in [-0.05, 0) is 18.1 Å². The molecule has 2 amide bonds. The maximum atomic E-state index is 12.7. The third-order valence-electron chi connectivity index (χ3n) is 3.89. The van der Waals surface area contributed by atoms with E-state index >= 15 is 0 Å². The predicted octanol–water partition coefficient (Wildman–Crippen LogP) is 3.34. The number of carbonyl (C=O) groups excluding carboxylic acids is 2. The number of methoxy groups -OCH3 is 1. The standard InChI is InChI=1S/C19H26N4O3S/c1-11(2)14(20-17(25)19(3,4)5)15(24)21-18-23-22-16(27-18)12-8-7-9-13(10-12)26-6/h7-11,14H,1-6H3,(H,20,25)(H,21,23,24)/t14-/m1/s1. The van der Waals surface area contributed by atoms with Crippen molar-refractivity contribution in [2.24, 2.45) is 11.3 Å². The van der Waals surface area contributed by atoms with Gasteiger partial charge in [-0.25, -0.2) is 0 Å². The molecule has 7 nitrogen and oxygen atoms in total. The lowest BCUT2D eigenvalue weighted by molar-refractivity contribution is -0.132. The minimum Gasteiger partial charge on any atom is -0.497 e. The lowest BCUT2D eigenvalue weighted by atomic mass is 9.93. The largest absolute Gasteiger partial charge is 0.497 e. The Morgan fingerprint density at radius 3 is 2.48 bits per heavy atom. The number of carbonyl (C=O) groups is 2. The zero-order valence-corrected chi connectivity index (χ0v) is 17.3. The monoisotopic (exact) mass is 390 g/mol. The van der Waals surface area contributed by atoms with Gasteiger partial charge in [0.1, 0.15) is 16.8 Å². The van der Waals surface area contributed by atoms with E-state index < -0.39 is 11.5 Å². The lowest BCUT2D eigenvalue weighted by Crippen LogP contribution is -2.50. The summed E-state index contributed by atoms with van der Waals surface area (Å²) in [5.74, 6) is 0.168. The Morgan fingerprint density at radius 1 is 1.19 bits per heavy atom. The number of hydrogen-bond donors (Lipinski definition) is 2. The van der Waals surface area contributed by atoms with Crippen LogP contribution in [0.4, 0.5) is 5.13 Å². The van der Waals surface area contributed by atoms with Gasteiger partial charge in [-0.1, -0.05) is 58.1 Å². The minimum absolute atomic E-state index is 0.0675. The Morgan fingerprint density at radius 2 is 1.89 bits per heavy atom. The number of nitrogens with one attached hydrogen (secondary N) is 2. The molecule has 1 atom stereocenters. The molecule has 0 aliphatic carbocycles. The summed E-state index contributed by atoms with van der Waals surface area (Å²) in [6.45, 7) is 9.19. The van der Waals surface area contributed by atoms with Crippen LogP contribution >= 0.6 is 11.3 Å². The van der Waals surface area contributed by atoms with Gasteiger partial charge in [0, 0.05) is 11.0 Å². The van der Waals surface area contributed by atoms with E-state index in [9.17, 15) is 9.59 Å². The second-order valence-electron chi connectivity index (χ2n) is 7.58. The smallest absolute Gasteiger partial charge is 0.249 e. The van der Waals surface area contributed by atoms with Crippen molar-refractivity contribution in [3.63, 3.8) is 0 Å². The highest BCUT2D eigenvalue weighted by atomic mass is 32.1. The molecule has 8 heteroatoms. The summed E-state index contributed by atoms with van der Waals surface area (Å²) in [4.78, 5) is 24.9. The molecule has 0 saturated heterocycles. The van der Waals surface area contributed by atoms with E-state index in [0.717, 1.165) is 11.3 Å². The summed E-state index contributed by atoms with van der Waals surface area (Å²) >= 11 is 1.26. The van der Waals surface area contributed by atoms with Crippen molar-refractivity contribution in [1.29, 1.82) is 0 Å². The number of nitrogens with zero attached hydrogens (tertiary/aromatic N) is 2. The van der Waals surface area contributed by atoms with Gasteiger partial charge in [0.25, 0.3) is 0 Å². The van der Waals surface area contributed by atoms with Crippen molar-refractivity contribution in [3.05, 3.63) is 24.3 Å². The van der Waals surface area contributed by atoms with E-state index in [0.29, 0.717) is 10.1 Å². The van der Waals surface area contributed by atoms with E-state index in [1.807, 2.05) is 58.9 Å².